The van der Waals surface area contributed by atoms with Crippen molar-refractivity contribution in [2.24, 2.45) is 0 Å². The summed E-state index contributed by atoms with van der Waals surface area (Å²) in [6, 6.07) is 2.12. The Labute approximate surface area is 119 Å². The molecule has 1 aliphatic heterocycles. The molecule has 2 aliphatic rings. The molecule has 1 heterocycles. The summed E-state index contributed by atoms with van der Waals surface area (Å²) in [4.78, 5) is 13.3. The van der Waals surface area contributed by atoms with E-state index in [1.54, 1.807) is 12.2 Å². The summed E-state index contributed by atoms with van der Waals surface area (Å²) in [6.45, 7) is 5.95. The number of β-amino-alcohol motifs (C(OH)–C–C–N with tert-alkyl or cyclic N) is 1. The first kappa shape index (κ1) is 14.6. The number of nitriles is 1. The molecule has 20 heavy (non-hydrogen) atoms. The molecule has 0 aromatic carbocycles. The Morgan fingerprint density at radius 1 is 1.40 bits per heavy atom. The maximum Gasteiger partial charge on any atom is 0.410 e. The normalized spacial score (nSPS) is 21.2. The van der Waals surface area contributed by atoms with Crippen LogP contribution in [-0.4, -0.2) is 40.4 Å². The first-order chi connectivity index (χ1) is 9.23. The summed E-state index contributed by atoms with van der Waals surface area (Å²) < 4.78 is 5.26. The van der Waals surface area contributed by atoms with Gasteiger partial charge in [0.15, 0.2) is 0 Å². The molecule has 0 aromatic heterocycles. The summed E-state index contributed by atoms with van der Waals surface area (Å²) in [5.74, 6) is 0. The van der Waals surface area contributed by atoms with Crippen molar-refractivity contribution >= 4 is 6.09 Å². The fourth-order valence-corrected chi connectivity index (χ4v) is 2.36. The number of allylic oxidation sites excluding steroid dienone is 3. The van der Waals surface area contributed by atoms with Gasteiger partial charge >= 0.3 is 6.09 Å². The van der Waals surface area contributed by atoms with Crippen LogP contribution < -0.4 is 0 Å². The summed E-state index contributed by atoms with van der Waals surface area (Å²) in [7, 11) is 0. The number of likely N-dealkylation sites (tertiary alicyclic amines) is 1. The number of nitrogens with zero attached hydrogens (tertiary/aromatic N) is 2. The zero-order valence-electron chi connectivity index (χ0n) is 12.1. The minimum Gasteiger partial charge on any atom is -0.444 e. The van der Waals surface area contributed by atoms with Gasteiger partial charge in [-0.25, -0.2) is 4.79 Å². The highest BCUT2D eigenvalue weighted by atomic mass is 16.6. The summed E-state index contributed by atoms with van der Waals surface area (Å²) in [6.07, 6.45) is 4.46. The Balaban J connectivity index is 1.95. The third kappa shape index (κ3) is 3.02. The Hall–Kier alpha value is -1.80. The van der Waals surface area contributed by atoms with Crippen molar-refractivity contribution in [3.63, 3.8) is 0 Å². The van der Waals surface area contributed by atoms with Crippen molar-refractivity contribution in [3.8, 4) is 6.07 Å². The molecule has 0 atom stereocenters. The van der Waals surface area contributed by atoms with Crippen molar-refractivity contribution < 1.29 is 14.6 Å². The average Bonchev–Trinajstić information content (AvgIpc) is 2.33. The molecule has 1 aliphatic carbocycles. The van der Waals surface area contributed by atoms with Crippen LogP contribution in [0, 0.1) is 11.3 Å². The van der Waals surface area contributed by atoms with Crippen molar-refractivity contribution in [2.45, 2.75) is 44.8 Å². The summed E-state index contributed by atoms with van der Waals surface area (Å²) in [5, 5.41) is 19.3. The standard InChI is InChI=1S/C15H20N2O3/c1-14(2,3)20-13(18)17-9-15(19,10-17)12-6-4-11(8-16)5-7-12/h4,6,19H,5,7,9-10H2,1-3H3. The lowest BCUT2D eigenvalue weighted by Crippen LogP contribution is -2.65. The third-order valence-electron chi connectivity index (χ3n) is 3.45. The van der Waals surface area contributed by atoms with E-state index in [2.05, 4.69) is 6.07 Å². The Kier molecular flexibility index (Phi) is 3.61. The number of carbonyl (C=O) groups excluding carboxylic acids is 1. The molecule has 1 saturated heterocycles. The predicted octanol–water partition coefficient (Wildman–Crippen LogP) is 2.14. The van der Waals surface area contributed by atoms with Crippen LogP contribution >= 0.6 is 0 Å². The number of aliphatic hydroxyl groups is 1. The van der Waals surface area contributed by atoms with Gasteiger partial charge in [0.25, 0.3) is 0 Å². The average molecular weight is 276 g/mol. The third-order valence-corrected chi connectivity index (χ3v) is 3.45. The van der Waals surface area contributed by atoms with E-state index in [0.29, 0.717) is 12.8 Å². The van der Waals surface area contributed by atoms with Crippen molar-refractivity contribution in [3.05, 3.63) is 23.3 Å². The minimum atomic E-state index is -0.964. The highest BCUT2D eigenvalue weighted by Crippen LogP contribution is 2.35. The first-order valence-electron chi connectivity index (χ1n) is 6.74. The van der Waals surface area contributed by atoms with E-state index in [9.17, 15) is 9.90 Å². The molecule has 2 rings (SSSR count). The topological polar surface area (TPSA) is 73.6 Å². The summed E-state index contributed by atoms with van der Waals surface area (Å²) in [5.41, 5.74) is 0.116. The second-order valence-corrected chi connectivity index (χ2v) is 6.36. The SMILES string of the molecule is CC(C)(C)OC(=O)N1CC(O)(C2=CC=C(C#N)CC2)C1. The Morgan fingerprint density at radius 3 is 2.50 bits per heavy atom. The van der Waals surface area contributed by atoms with Crippen molar-refractivity contribution in [2.75, 3.05) is 13.1 Å². The highest BCUT2D eigenvalue weighted by molar-refractivity contribution is 5.70. The predicted molar refractivity (Wildman–Crippen MR) is 73.8 cm³/mol. The molecule has 1 fully saturated rings. The van der Waals surface area contributed by atoms with Gasteiger partial charge in [-0.3, -0.25) is 0 Å². The molecule has 0 unspecified atom stereocenters. The van der Waals surface area contributed by atoms with Crippen molar-refractivity contribution in [1.29, 1.82) is 5.26 Å². The van der Waals surface area contributed by atoms with Gasteiger partial charge in [-0.15, -0.1) is 0 Å². The number of hydrogen-bond acceptors (Lipinski definition) is 4. The zero-order chi connectivity index (χ0) is 15.0. The van der Waals surface area contributed by atoms with Gasteiger partial charge in [0.1, 0.15) is 11.2 Å². The van der Waals surface area contributed by atoms with E-state index in [-0.39, 0.29) is 13.1 Å². The molecule has 0 spiro atoms. The second-order valence-electron chi connectivity index (χ2n) is 6.36. The van der Waals surface area contributed by atoms with Crippen LogP contribution in [0.4, 0.5) is 4.79 Å². The van der Waals surface area contributed by atoms with Gasteiger partial charge in [0.05, 0.1) is 19.2 Å². The van der Waals surface area contributed by atoms with E-state index in [1.807, 2.05) is 20.8 Å². The van der Waals surface area contributed by atoms with Gasteiger partial charge in [0.2, 0.25) is 0 Å². The van der Waals surface area contributed by atoms with Crippen molar-refractivity contribution in [1.82, 2.24) is 4.90 Å². The lowest BCUT2D eigenvalue weighted by atomic mass is 9.80. The molecule has 1 amide bonds. The molecular formula is C15H20N2O3. The lowest BCUT2D eigenvalue weighted by Gasteiger charge is -2.48. The van der Waals surface area contributed by atoms with E-state index in [4.69, 9.17) is 10.00 Å². The van der Waals surface area contributed by atoms with E-state index in [1.165, 1.54) is 4.90 Å². The van der Waals surface area contributed by atoms with E-state index >= 15 is 0 Å². The molecule has 1 N–H and O–H groups in total. The van der Waals surface area contributed by atoms with Gasteiger partial charge in [-0.05, 0) is 45.3 Å². The van der Waals surface area contributed by atoms with E-state index in [0.717, 1.165) is 11.1 Å². The molecule has 0 radical (unpaired) electrons. The van der Waals surface area contributed by atoms with Crippen LogP contribution in [0.1, 0.15) is 33.6 Å². The number of ether oxygens (including phenoxy) is 1. The van der Waals surface area contributed by atoms with Gasteiger partial charge in [-0.1, -0.05) is 6.08 Å². The molecule has 5 nitrogen and oxygen atoms in total. The second kappa shape index (κ2) is 4.95. The van der Waals surface area contributed by atoms with Crippen LogP contribution in [-0.2, 0) is 4.74 Å². The largest absolute Gasteiger partial charge is 0.444 e. The zero-order valence-corrected chi connectivity index (χ0v) is 12.1. The minimum absolute atomic E-state index is 0.253. The molecule has 5 heteroatoms. The van der Waals surface area contributed by atoms with Crippen LogP contribution in [0.15, 0.2) is 23.3 Å². The maximum atomic E-state index is 11.8. The van der Waals surface area contributed by atoms with Crippen LogP contribution in [0.3, 0.4) is 0 Å². The number of hydrogen-bond donors (Lipinski definition) is 1. The first-order valence-corrected chi connectivity index (χ1v) is 6.74. The number of amides is 1. The lowest BCUT2D eigenvalue weighted by molar-refractivity contribution is -0.0771. The fourth-order valence-electron chi connectivity index (χ4n) is 2.36. The highest BCUT2D eigenvalue weighted by Gasteiger charge is 2.47. The Morgan fingerprint density at radius 2 is 2.05 bits per heavy atom. The van der Waals surface area contributed by atoms with Gasteiger partial charge in [0, 0.05) is 5.57 Å². The summed E-state index contributed by atoms with van der Waals surface area (Å²) >= 11 is 0. The van der Waals surface area contributed by atoms with E-state index < -0.39 is 17.3 Å². The molecule has 0 bridgehead atoms. The van der Waals surface area contributed by atoms with Crippen LogP contribution in [0.25, 0.3) is 0 Å². The van der Waals surface area contributed by atoms with Gasteiger partial charge < -0.3 is 14.7 Å². The van der Waals surface area contributed by atoms with Crippen LogP contribution in [0.5, 0.6) is 0 Å². The number of carbonyl (C=O) groups is 1. The Bertz CT molecular complexity index is 514. The molecular weight excluding hydrogens is 256 g/mol. The molecule has 0 saturated carbocycles. The smallest absolute Gasteiger partial charge is 0.410 e. The monoisotopic (exact) mass is 276 g/mol. The molecule has 108 valence electrons. The fraction of sp³-hybridized carbons (Fsp3) is 0.600. The quantitative estimate of drug-likeness (QED) is 0.796. The van der Waals surface area contributed by atoms with Crippen LogP contribution in [0.2, 0.25) is 0 Å². The van der Waals surface area contributed by atoms with Gasteiger partial charge in [-0.2, -0.15) is 5.26 Å². The number of rotatable bonds is 1. The maximum absolute atomic E-state index is 11.8. The molecule has 0 aromatic rings.